The smallest absolute Gasteiger partial charge is 0.417 e. The Balaban J connectivity index is 1.46. The highest BCUT2D eigenvalue weighted by atomic mass is 35.5. The quantitative estimate of drug-likeness (QED) is 0.552. The molecule has 2 aliphatic rings. The van der Waals surface area contributed by atoms with Crippen LogP contribution in [0.4, 0.5) is 23.7 Å². The van der Waals surface area contributed by atoms with Crippen LogP contribution in [0.1, 0.15) is 30.4 Å². The number of urea groups is 1. The average molecular weight is 512 g/mol. The lowest BCUT2D eigenvalue weighted by atomic mass is 9.63. The van der Waals surface area contributed by atoms with Gasteiger partial charge in [-0.15, -0.1) is 0 Å². The molecule has 0 radical (unpaired) electrons. The molecular formula is C25H29ClF3N3O3. The summed E-state index contributed by atoms with van der Waals surface area (Å²) in [5.74, 6) is 1.67. The van der Waals surface area contributed by atoms with E-state index in [4.69, 9.17) is 21.1 Å². The van der Waals surface area contributed by atoms with Crippen LogP contribution >= 0.6 is 11.6 Å². The number of halogens is 4. The lowest BCUT2D eigenvalue weighted by molar-refractivity contribution is -0.137. The number of likely N-dealkylation sites (N-methyl/N-ethyl adjacent to an activating group) is 1. The molecule has 1 saturated carbocycles. The summed E-state index contributed by atoms with van der Waals surface area (Å²) < 4.78 is 50.3. The van der Waals surface area contributed by atoms with Crippen LogP contribution < -0.4 is 20.1 Å². The Morgan fingerprint density at radius 1 is 1.14 bits per heavy atom. The molecule has 1 heterocycles. The molecule has 1 aliphatic carbocycles. The minimum Gasteiger partial charge on any atom is -0.493 e. The Morgan fingerprint density at radius 3 is 2.57 bits per heavy atom. The van der Waals surface area contributed by atoms with Crippen LogP contribution in [0.5, 0.6) is 11.5 Å². The molecule has 6 nitrogen and oxygen atoms in total. The lowest BCUT2D eigenvalue weighted by Crippen LogP contribution is -2.48. The van der Waals surface area contributed by atoms with E-state index in [1.54, 1.807) is 14.2 Å². The van der Waals surface area contributed by atoms with Crippen molar-refractivity contribution in [2.24, 2.45) is 5.92 Å². The topological polar surface area (TPSA) is 62.8 Å². The number of hydrogen-bond donors (Lipinski definition) is 2. The molecule has 0 aromatic heterocycles. The van der Waals surface area contributed by atoms with Gasteiger partial charge >= 0.3 is 12.2 Å². The molecule has 190 valence electrons. The van der Waals surface area contributed by atoms with Crippen LogP contribution in [0.15, 0.2) is 36.4 Å². The Morgan fingerprint density at radius 2 is 1.89 bits per heavy atom. The first-order valence-electron chi connectivity index (χ1n) is 11.4. The van der Waals surface area contributed by atoms with Crippen molar-refractivity contribution in [2.45, 2.75) is 36.9 Å². The van der Waals surface area contributed by atoms with Gasteiger partial charge in [0.25, 0.3) is 0 Å². The molecule has 2 aromatic rings. The number of alkyl halides is 3. The van der Waals surface area contributed by atoms with Gasteiger partial charge in [0.2, 0.25) is 0 Å². The van der Waals surface area contributed by atoms with Gasteiger partial charge in [0, 0.05) is 30.2 Å². The number of ether oxygens (including phenoxy) is 2. The van der Waals surface area contributed by atoms with Crippen molar-refractivity contribution in [1.82, 2.24) is 10.2 Å². The minimum atomic E-state index is -4.60. The maximum absolute atomic E-state index is 13.1. The van der Waals surface area contributed by atoms with Gasteiger partial charge in [-0.1, -0.05) is 17.7 Å². The van der Waals surface area contributed by atoms with Gasteiger partial charge < -0.3 is 25.0 Å². The number of carbonyl (C=O) groups is 1. The Labute approximate surface area is 207 Å². The number of methoxy groups -OCH3 is 2. The van der Waals surface area contributed by atoms with Crippen molar-refractivity contribution in [2.75, 3.05) is 39.7 Å². The number of hydrogen-bond acceptors (Lipinski definition) is 4. The third-order valence-corrected chi connectivity index (χ3v) is 7.53. The van der Waals surface area contributed by atoms with Gasteiger partial charge in [-0.05, 0) is 68.1 Å². The summed E-state index contributed by atoms with van der Waals surface area (Å²) in [5, 5.41) is 5.06. The number of amides is 2. The number of nitrogens with zero attached hydrogens (tertiary/aromatic N) is 1. The lowest BCUT2D eigenvalue weighted by Gasteiger charge is -2.42. The molecule has 2 N–H and O–H groups in total. The molecule has 3 atom stereocenters. The van der Waals surface area contributed by atoms with Crippen LogP contribution in [-0.2, 0) is 11.6 Å². The van der Waals surface area contributed by atoms with Gasteiger partial charge in [-0.3, -0.25) is 0 Å². The molecule has 4 rings (SSSR count). The Hall–Kier alpha value is -2.65. The van der Waals surface area contributed by atoms with E-state index in [9.17, 15) is 18.0 Å². The molecule has 0 unspecified atom stereocenters. The summed E-state index contributed by atoms with van der Waals surface area (Å²) in [6, 6.07) is 8.77. The van der Waals surface area contributed by atoms with Gasteiger partial charge in [-0.2, -0.15) is 13.2 Å². The second kappa shape index (κ2) is 9.78. The predicted octanol–water partition coefficient (Wildman–Crippen LogP) is 5.55. The van der Waals surface area contributed by atoms with Crippen LogP contribution in [0, 0.1) is 5.92 Å². The fourth-order valence-electron chi connectivity index (χ4n) is 5.62. The summed E-state index contributed by atoms with van der Waals surface area (Å²) in [5.41, 5.74) is 0.174. The maximum Gasteiger partial charge on any atom is 0.417 e. The molecule has 2 aromatic carbocycles. The van der Waals surface area contributed by atoms with Gasteiger partial charge in [0.15, 0.2) is 11.5 Å². The number of fused-ring (bicyclic) bond motifs is 1. The van der Waals surface area contributed by atoms with E-state index in [-0.39, 0.29) is 17.1 Å². The third-order valence-electron chi connectivity index (χ3n) is 7.20. The molecule has 10 heteroatoms. The van der Waals surface area contributed by atoms with Crippen LogP contribution in [0.2, 0.25) is 5.02 Å². The number of anilines is 1. The molecule has 1 aliphatic heterocycles. The fourth-order valence-corrected chi connectivity index (χ4v) is 5.85. The van der Waals surface area contributed by atoms with E-state index in [0.29, 0.717) is 17.4 Å². The maximum atomic E-state index is 13.1. The van der Waals surface area contributed by atoms with E-state index in [2.05, 4.69) is 28.6 Å². The van der Waals surface area contributed by atoms with Crippen LogP contribution in [-0.4, -0.2) is 51.3 Å². The van der Waals surface area contributed by atoms with E-state index in [1.165, 1.54) is 11.6 Å². The van der Waals surface area contributed by atoms with E-state index in [0.717, 1.165) is 44.5 Å². The zero-order valence-corrected chi connectivity index (χ0v) is 20.6. The summed E-state index contributed by atoms with van der Waals surface area (Å²) in [6.07, 6.45) is -2.22. The summed E-state index contributed by atoms with van der Waals surface area (Å²) in [4.78, 5) is 14.9. The van der Waals surface area contributed by atoms with Crippen molar-refractivity contribution in [3.63, 3.8) is 0 Å². The normalized spacial score (nSPS) is 24.5. The van der Waals surface area contributed by atoms with Gasteiger partial charge in [0.05, 0.1) is 24.8 Å². The highest BCUT2D eigenvalue weighted by Crippen LogP contribution is 2.49. The minimum absolute atomic E-state index is 0.0373. The first kappa shape index (κ1) is 25.4. The monoisotopic (exact) mass is 511 g/mol. The zero-order valence-electron chi connectivity index (χ0n) is 19.8. The van der Waals surface area contributed by atoms with Crippen molar-refractivity contribution in [3.8, 4) is 11.5 Å². The molecule has 2 fully saturated rings. The number of likely N-dealkylation sites (tertiary alicyclic amines) is 1. The van der Waals surface area contributed by atoms with Crippen LogP contribution in [0.25, 0.3) is 0 Å². The van der Waals surface area contributed by atoms with Crippen molar-refractivity contribution in [3.05, 3.63) is 52.5 Å². The van der Waals surface area contributed by atoms with Crippen molar-refractivity contribution >= 4 is 23.3 Å². The highest BCUT2D eigenvalue weighted by Gasteiger charge is 2.50. The first-order valence-corrected chi connectivity index (χ1v) is 11.8. The van der Waals surface area contributed by atoms with Gasteiger partial charge in [-0.25, -0.2) is 4.79 Å². The van der Waals surface area contributed by atoms with Gasteiger partial charge in [0.1, 0.15) is 0 Å². The van der Waals surface area contributed by atoms with E-state index in [1.807, 2.05) is 12.1 Å². The second-order valence-electron chi connectivity index (χ2n) is 9.38. The number of rotatable bonds is 5. The average Bonchev–Trinajstić information content (AvgIpc) is 3.15. The zero-order chi connectivity index (χ0) is 25.4. The molecule has 0 bridgehead atoms. The summed E-state index contributed by atoms with van der Waals surface area (Å²) in [7, 11) is 5.32. The molecule has 35 heavy (non-hydrogen) atoms. The fraction of sp³-hybridized carbons (Fsp3) is 0.480. The SMILES string of the molecule is COc1ccc([C@]23CC[C@H](NC(=O)Nc4ccc(Cl)c(C(F)(F)F)c4)C[C@@H]2CN(C)C3)cc1OC. The number of nitrogens with one attached hydrogen (secondary N) is 2. The summed E-state index contributed by atoms with van der Waals surface area (Å²) in [6.45, 7) is 1.79. The van der Waals surface area contributed by atoms with Crippen molar-refractivity contribution < 1.29 is 27.4 Å². The van der Waals surface area contributed by atoms with E-state index >= 15 is 0 Å². The second-order valence-corrected chi connectivity index (χ2v) is 9.79. The molecule has 2 amide bonds. The number of carbonyl (C=O) groups excluding carboxylic acids is 1. The first-order chi connectivity index (χ1) is 16.6. The Kier molecular flexibility index (Phi) is 7.11. The molecular weight excluding hydrogens is 483 g/mol. The largest absolute Gasteiger partial charge is 0.493 e. The van der Waals surface area contributed by atoms with Crippen LogP contribution in [0.3, 0.4) is 0 Å². The number of benzene rings is 2. The third kappa shape index (κ3) is 5.16. The summed E-state index contributed by atoms with van der Waals surface area (Å²) >= 11 is 5.67. The molecule has 1 saturated heterocycles. The Bertz CT molecular complexity index is 1100. The standard InChI is InChI=1S/C25H29ClF3N3O3/c1-32-13-16-10-18(31-23(33)30-17-5-6-20(26)19(12-17)25(27,28)29)8-9-24(16,14-32)15-4-7-21(34-2)22(11-15)35-3/h4-7,11-12,16,18H,8-10,13-14H2,1-3H3,(H2,30,31,33)/t16-,18+,24-/m1/s1. The van der Waals surface area contributed by atoms with E-state index < -0.39 is 22.8 Å². The molecule has 0 spiro atoms. The van der Waals surface area contributed by atoms with Crippen molar-refractivity contribution in [1.29, 1.82) is 0 Å². The highest BCUT2D eigenvalue weighted by molar-refractivity contribution is 6.31. The predicted molar refractivity (Wildman–Crippen MR) is 128 cm³/mol.